The van der Waals surface area contributed by atoms with Crippen molar-refractivity contribution < 1.29 is 9.59 Å². The molecular weight excluding hydrogens is 434 g/mol. The van der Waals surface area contributed by atoms with Crippen molar-refractivity contribution in [2.24, 2.45) is 0 Å². The van der Waals surface area contributed by atoms with E-state index < -0.39 is 0 Å². The molecule has 2 heterocycles. The zero-order valence-electron chi connectivity index (χ0n) is 18.2. The van der Waals surface area contributed by atoms with Gasteiger partial charge in [0, 0.05) is 15.6 Å². The first-order chi connectivity index (χ1) is 16.1. The van der Waals surface area contributed by atoms with Crippen LogP contribution in [0.4, 0.5) is 0 Å². The summed E-state index contributed by atoms with van der Waals surface area (Å²) in [7, 11) is 0. The van der Waals surface area contributed by atoms with Crippen molar-refractivity contribution in [2.45, 2.75) is 45.1 Å². The number of nitrogens with one attached hydrogen (secondary N) is 2. The molecule has 2 N–H and O–H groups in total. The maximum atomic E-state index is 12.9. The van der Waals surface area contributed by atoms with Gasteiger partial charge in [0.05, 0.1) is 15.9 Å². The number of thiophene rings is 1. The fourth-order valence-electron chi connectivity index (χ4n) is 4.57. The van der Waals surface area contributed by atoms with Gasteiger partial charge in [0.25, 0.3) is 11.8 Å². The zero-order valence-corrected chi connectivity index (χ0v) is 19.0. The van der Waals surface area contributed by atoms with Crippen LogP contribution in [-0.4, -0.2) is 16.4 Å². The largest absolute Gasteiger partial charge is 0.331 e. The normalized spacial score (nSPS) is 13.8. The van der Waals surface area contributed by atoms with Crippen LogP contribution in [0.5, 0.6) is 0 Å². The van der Waals surface area contributed by atoms with E-state index in [1.54, 1.807) is 12.1 Å². The monoisotopic (exact) mass is 459 g/mol. The highest BCUT2D eigenvalue weighted by atomic mass is 32.1. The van der Waals surface area contributed by atoms with Crippen LogP contribution in [0.15, 0.2) is 59.4 Å². The van der Waals surface area contributed by atoms with Crippen molar-refractivity contribution in [3.8, 4) is 0 Å². The summed E-state index contributed by atoms with van der Waals surface area (Å²) in [6.07, 6.45) is 6.82. The molecule has 0 unspecified atom stereocenters. The number of benzene rings is 2. The molecule has 2 aromatic carbocycles. The molecular formula is C26H25N3O3S. The number of rotatable bonds is 3. The van der Waals surface area contributed by atoms with E-state index in [-0.39, 0.29) is 23.8 Å². The first-order valence-electron chi connectivity index (χ1n) is 11.3. The van der Waals surface area contributed by atoms with Crippen LogP contribution in [0.3, 0.4) is 0 Å². The Morgan fingerprint density at radius 2 is 1.48 bits per heavy atom. The molecule has 1 aliphatic carbocycles. The lowest BCUT2D eigenvalue weighted by Crippen LogP contribution is -2.43. The molecule has 1 aliphatic rings. The maximum Gasteiger partial charge on any atom is 0.279 e. The molecule has 0 saturated carbocycles. The van der Waals surface area contributed by atoms with Crippen LogP contribution in [0.1, 0.15) is 45.8 Å². The standard InChI is InChI=1S/C26H25N3O3S/c30-24(27-28-26(32)23-15-17-9-3-1-2-4-14-22(17)33-23)16-29-20-12-7-5-10-18(20)25(31)19-11-6-8-13-21(19)29/h5-8,10-13,15H,1-4,9,14,16H2,(H,27,30)(H,28,32). The van der Waals surface area contributed by atoms with Gasteiger partial charge in [0.2, 0.25) is 0 Å². The Balaban J connectivity index is 1.35. The van der Waals surface area contributed by atoms with Crippen molar-refractivity contribution in [1.82, 2.24) is 15.4 Å². The summed E-state index contributed by atoms with van der Waals surface area (Å²) in [6, 6.07) is 16.5. The molecule has 0 radical (unpaired) electrons. The minimum Gasteiger partial charge on any atom is -0.331 e. The predicted molar refractivity (Wildman–Crippen MR) is 132 cm³/mol. The van der Waals surface area contributed by atoms with Gasteiger partial charge in [-0.05, 0) is 61.6 Å². The van der Waals surface area contributed by atoms with E-state index in [0.717, 1.165) is 25.7 Å². The Hall–Kier alpha value is -3.45. The number of nitrogens with zero attached hydrogens (tertiary/aromatic N) is 1. The average molecular weight is 460 g/mol. The summed E-state index contributed by atoms with van der Waals surface area (Å²) in [5.41, 5.74) is 7.68. The molecule has 7 heteroatoms. The predicted octanol–water partition coefficient (Wildman–Crippen LogP) is 4.34. The number of hydrogen-bond donors (Lipinski definition) is 2. The Bertz CT molecular complexity index is 1330. The Morgan fingerprint density at radius 3 is 2.18 bits per heavy atom. The minimum atomic E-state index is -0.364. The molecule has 0 bridgehead atoms. The van der Waals surface area contributed by atoms with E-state index in [1.807, 2.05) is 47.0 Å². The van der Waals surface area contributed by atoms with Crippen LogP contribution in [0.25, 0.3) is 21.8 Å². The number of carbonyl (C=O) groups excluding carboxylic acids is 2. The Kier molecular flexibility index (Phi) is 5.96. The fraction of sp³-hybridized carbons (Fsp3) is 0.269. The van der Waals surface area contributed by atoms with E-state index in [2.05, 4.69) is 10.9 Å². The molecule has 4 aromatic rings. The topological polar surface area (TPSA) is 80.2 Å². The smallest absolute Gasteiger partial charge is 0.279 e. The second kappa shape index (κ2) is 9.19. The summed E-state index contributed by atoms with van der Waals surface area (Å²) in [4.78, 5) is 40.3. The number of pyridine rings is 1. The number of carbonyl (C=O) groups is 2. The maximum absolute atomic E-state index is 12.9. The van der Waals surface area contributed by atoms with Gasteiger partial charge < -0.3 is 4.57 Å². The SMILES string of the molecule is O=C(Cn1c2ccccc2c(=O)c2ccccc21)NNC(=O)c1cc2c(s1)CCCCCC2. The van der Waals surface area contributed by atoms with Gasteiger partial charge in [-0.15, -0.1) is 11.3 Å². The molecule has 168 valence electrons. The molecule has 0 aliphatic heterocycles. The summed E-state index contributed by atoms with van der Waals surface area (Å²) in [5.74, 6) is -0.660. The van der Waals surface area contributed by atoms with Gasteiger partial charge >= 0.3 is 0 Å². The summed E-state index contributed by atoms with van der Waals surface area (Å²) in [6.45, 7) is -0.0253. The van der Waals surface area contributed by atoms with Crippen LogP contribution in [-0.2, 0) is 24.2 Å². The highest BCUT2D eigenvalue weighted by molar-refractivity contribution is 7.14. The van der Waals surface area contributed by atoms with Crippen LogP contribution in [0, 0.1) is 0 Å². The number of fused-ring (bicyclic) bond motifs is 3. The number of aromatic nitrogens is 1. The van der Waals surface area contributed by atoms with Crippen LogP contribution < -0.4 is 16.3 Å². The van der Waals surface area contributed by atoms with Gasteiger partial charge in [-0.2, -0.15) is 0 Å². The third-order valence-corrected chi connectivity index (χ3v) is 7.45. The van der Waals surface area contributed by atoms with E-state index in [9.17, 15) is 14.4 Å². The molecule has 0 saturated heterocycles. The van der Waals surface area contributed by atoms with E-state index in [1.165, 1.54) is 34.6 Å². The second-order valence-electron chi connectivity index (χ2n) is 8.43. The van der Waals surface area contributed by atoms with Gasteiger partial charge in [0.1, 0.15) is 6.54 Å². The lowest BCUT2D eigenvalue weighted by atomic mass is 10.00. The summed E-state index contributed by atoms with van der Waals surface area (Å²) < 4.78 is 1.81. The van der Waals surface area contributed by atoms with Gasteiger partial charge in [-0.25, -0.2) is 0 Å². The molecule has 6 nitrogen and oxygen atoms in total. The van der Waals surface area contributed by atoms with E-state index in [4.69, 9.17) is 0 Å². The second-order valence-corrected chi connectivity index (χ2v) is 9.56. The molecule has 0 spiro atoms. The van der Waals surface area contributed by atoms with Gasteiger partial charge in [0.15, 0.2) is 5.43 Å². The van der Waals surface area contributed by atoms with E-state index in [0.29, 0.717) is 26.7 Å². The van der Waals surface area contributed by atoms with Gasteiger partial charge in [-0.1, -0.05) is 37.1 Å². The summed E-state index contributed by atoms with van der Waals surface area (Å²) >= 11 is 1.52. The molecule has 0 fully saturated rings. The summed E-state index contributed by atoms with van der Waals surface area (Å²) in [5, 5.41) is 1.12. The van der Waals surface area contributed by atoms with Crippen LogP contribution >= 0.6 is 11.3 Å². The third kappa shape index (κ3) is 4.28. The number of amides is 2. The highest BCUT2D eigenvalue weighted by Crippen LogP contribution is 2.28. The van der Waals surface area contributed by atoms with Crippen molar-refractivity contribution in [3.63, 3.8) is 0 Å². The number of hydrogen-bond acceptors (Lipinski definition) is 4. The van der Waals surface area contributed by atoms with E-state index >= 15 is 0 Å². The molecule has 2 aromatic heterocycles. The lowest BCUT2D eigenvalue weighted by molar-refractivity contribution is -0.122. The number of para-hydroxylation sites is 2. The van der Waals surface area contributed by atoms with Crippen molar-refractivity contribution in [3.05, 3.63) is 80.1 Å². The van der Waals surface area contributed by atoms with Gasteiger partial charge in [-0.3, -0.25) is 25.2 Å². The minimum absolute atomic E-state index is 0.0253. The van der Waals surface area contributed by atoms with Crippen molar-refractivity contribution in [2.75, 3.05) is 0 Å². The Labute approximate surface area is 195 Å². The zero-order chi connectivity index (χ0) is 22.8. The van der Waals surface area contributed by atoms with Crippen molar-refractivity contribution in [1.29, 1.82) is 0 Å². The quantitative estimate of drug-likeness (QED) is 0.353. The molecule has 33 heavy (non-hydrogen) atoms. The number of aryl methyl sites for hydroxylation is 2. The fourth-order valence-corrected chi connectivity index (χ4v) is 5.72. The molecule has 5 rings (SSSR count). The molecule has 2 amide bonds. The Morgan fingerprint density at radius 1 is 0.848 bits per heavy atom. The van der Waals surface area contributed by atoms with Crippen molar-refractivity contribution >= 4 is 45.0 Å². The first-order valence-corrected chi connectivity index (χ1v) is 12.1. The van der Waals surface area contributed by atoms with Crippen LogP contribution in [0.2, 0.25) is 0 Å². The average Bonchev–Trinajstić information content (AvgIpc) is 3.22. The molecule has 0 atom stereocenters. The highest BCUT2D eigenvalue weighted by Gasteiger charge is 2.17. The first kappa shape index (κ1) is 21.4. The third-order valence-electron chi connectivity index (χ3n) is 6.22. The lowest BCUT2D eigenvalue weighted by Gasteiger charge is -2.15. The number of hydrazine groups is 1.